The molecule has 130 valence electrons. The predicted octanol–water partition coefficient (Wildman–Crippen LogP) is 3.73. The lowest BCUT2D eigenvalue weighted by Crippen LogP contribution is -2.47. The molecule has 2 aromatic carbocycles. The van der Waals surface area contributed by atoms with Crippen molar-refractivity contribution in [3.05, 3.63) is 58.6 Å². The zero-order valence-electron chi connectivity index (χ0n) is 13.9. The number of nitriles is 1. The summed E-state index contributed by atoms with van der Waals surface area (Å²) in [5.41, 5.74) is 1.87. The molecule has 1 aromatic heterocycles. The van der Waals surface area contributed by atoms with Gasteiger partial charge in [-0.05, 0) is 36.4 Å². The highest BCUT2D eigenvalue weighted by molar-refractivity contribution is 9.10. The summed E-state index contributed by atoms with van der Waals surface area (Å²) in [7, 11) is 0. The van der Waals surface area contributed by atoms with E-state index in [4.69, 9.17) is 5.26 Å². The first kappa shape index (κ1) is 16.7. The Labute approximate surface area is 158 Å². The Morgan fingerprint density at radius 3 is 2.54 bits per heavy atom. The SMILES string of the molecule is N#Cc1cc(N2CCN(c3ncnc4ccc(Br)cc34)CC2)ccc1F. The second-order valence-corrected chi connectivity index (χ2v) is 7.02. The molecule has 0 unspecified atom stereocenters. The lowest BCUT2D eigenvalue weighted by molar-refractivity contribution is 0.620. The average molecular weight is 412 g/mol. The highest BCUT2D eigenvalue weighted by atomic mass is 79.9. The first-order valence-electron chi connectivity index (χ1n) is 8.25. The van der Waals surface area contributed by atoms with Crippen LogP contribution in [0.3, 0.4) is 0 Å². The minimum Gasteiger partial charge on any atom is -0.368 e. The summed E-state index contributed by atoms with van der Waals surface area (Å²) in [6.45, 7) is 3.13. The molecule has 1 fully saturated rings. The van der Waals surface area contributed by atoms with Gasteiger partial charge in [0.25, 0.3) is 0 Å². The number of hydrogen-bond acceptors (Lipinski definition) is 5. The normalized spacial score (nSPS) is 14.5. The minimum atomic E-state index is -0.479. The number of benzene rings is 2. The topological polar surface area (TPSA) is 56.1 Å². The Balaban J connectivity index is 1.56. The molecule has 1 aliphatic rings. The summed E-state index contributed by atoms with van der Waals surface area (Å²) in [4.78, 5) is 13.2. The van der Waals surface area contributed by atoms with Crippen LogP contribution in [0.1, 0.15) is 5.56 Å². The molecule has 4 rings (SSSR count). The number of piperazine rings is 1. The molecule has 0 spiro atoms. The number of rotatable bonds is 2. The van der Waals surface area contributed by atoms with Gasteiger partial charge in [0.2, 0.25) is 0 Å². The Bertz CT molecular complexity index is 1010. The third-order valence-corrected chi connectivity index (χ3v) is 5.08. The van der Waals surface area contributed by atoms with Crippen LogP contribution in [0.5, 0.6) is 0 Å². The highest BCUT2D eigenvalue weighted by Crippen LogP contribution is 2.28. The van der Waals surface area contributed by atoms with Crippen molar-refractivity contribution >= 4 is 38.3 Å². The maximum Gasteiger partial charge on any atom is 0.141 e. The fourth-order valence-electron chi connectivity index (χ4n) is 3.24. The van der Waals surface area contributed by atoms with Crippen molar-refractivity contribution in [1.82, 2.24) is 9.97 Å². The molecule has 1 saturated heterocycles. The largest absolute Gasteiger partial charge is 0.368 e. The van der Waals surface area contributed by atoms with E-state index in [-0.39, 0.29) is 5.56 Å². The van der Waals surface area contributed by atoms with E-state index >= 15 is 0 Å². The number of anilines is 2. The fourth-order valence-corrected chi connectivity index (χ4v) is 3.60. The van der Waals surface area contributed by atoms with E-state index in [1.165, 1.54) is 6.07 Å². The van der Waals surface area contributed by atoms with Gasteiger partial charge in [-0.25, -0.2) is 14.4 Å². The second-order valence-electron chi connectivity index (χ2n) is 6.11. The van der Waals surface area contributed by atoms with Crippen LogP contribution in [0.25, 0.3) is 10.9 Å². The molecular formula is C19H15BrFN5. The molecule has 2 heterocycles. The van der Waals surface area contributed by atoms with Gasteiger partial charge < -0.3 is 9.80 Å². The number of halogens is 2. The quantitative estimate of drug-likeness (QED) is 0.642. The summed E-state index contributed by atoms with van der Waals surface area (Å²) in [6.07, 6.45) is 1.59. The molecule has 0 aliphatic carbocycles. The molecule has 26 heavy (non-hydrogen) atoms. The van der Waals surface area contributed by atoms with Crippen LogP contribution in [0, 0.1) is 17.1 Å². The summed E-state index contributed by atoms with van der Waals surface area (Å²) < 4.78 is 14.5. The van der Waals surface area contributed by atoms with E-state index in [9.17, 15) is 4.39 Å². The molecule has 5 nitrogen and oxygen atoms in total. The summed E-state index contributed by atoms with van der Waals surface area (Å²) in [5, 5.41) is 10.0. The van der Waals surface area contributed by atoms with E-state index in [0.29, 0.717) is 0 Å². The fraction of sp³-hybridized carbons (Fsp3) is 0.211. The predicted molar refractivity (Wildman–Crippen MR) is 103 cm³/mol. The van der Waals surface area contributed by atoms with E-state index in [1.54, 1.807) is 18.5 Å². The van der Waals surface area contributed by atoms with Gasteiger partial charge in [0.1, 0.15) is 24.0 Å². The second kappa shape index (κ2) is 6.89. The van der Waals surface area contributed by atoms with Gasteiger partial charge in [0.15, 0.2) is 0 Å². The lowest BCUT2D eigenvalue weighted by Gasteiger charge is -2.37. The monoisotopic (exact) mass is 411 g/mol. The van der Waals surface area contributed by atoms with E-state index in [1.807, 2.05) is 24.3 Å². The zero-order chi connectivity index (χ0) is 18.1. The zero-order valence-corrected chi connectivity index (χ0v) is 15.4. The van der Waals surface area contributed by atoms with Crippen LogP contribution in [-0.2, 0) is 0 Å². The summed E-state index contributed by atoms with van der Waals surface area (Å²) in [6, 6.07) is 12.6. The Hall–Kier alpha value is -2.72. The van der Waals surface area contributed by atoms with Crippen molar-refractivity contribution in [3.8, 4) is 6.07 Å². The van der Waals surface area contributed by atoms with Crippen LogP contribution in [0.4, 0.5) is 15.9 Å². The first-order chi connectivity index (χ1) is 12.7. The van der Waals surface area contributed by atoms with Crippen molar-refractivity contribution < 1.29 is 4.39 Å². The molecule has 0 N–H and O–H groups in total. The Morgan fingerprint density at radius 1 is 1.00 bits per heavy atom. The van der Waals surface area contributed by atoms with Crippen molar-refractivity contribution in [1.29, 1.82) is 5.26 Å². The average Bonchev–Trinajstić information content (AvgIpc) is 2.68. The van der Waals surface area contributed by atoms with Gasteiger partial charge in [-0.1, -0.05) is 15.9 Å². The summed E-state index contributed by atoms with van der Waals surface area (Å²) in [5.74, 6) is 0.445. The molecule has 0 radical (unpaired) electrons. The van der Waals surface area contributed by atoms with Crippen LogP contribution >= 0.6 is 15.9 Å². The molecule has 1 aliphatic heterocycles. The number of aromatic nitrogens is 2. The third-order valence-electron chi connectivity index (χ3n) is 4.59. The highest BCUT2D eigenvalue weighted by Gasteiger charge is 2.21. The number of fused-ring (bicyclic) bond motifs is 1. The maximum absolute atomic E-state index is 13.5. The van der Waals surface area contributed by atoms with Gasteiger partial charge in [-0.2, -0.15) is 5.26 Å². The molecule has 0 saturated carbocycles. The summed E-state index contributed by atoms with van der Waals surface area (Å²) >= 11 is 3.51. The lowest BCUT2D eigenvalue weighted by atomic mass is 10.1. The Kier molecular flexibility index (Phi) is 4.43. The van der Waals surface area contributed by atoms with Crippen molar-refractivity contribution in [2.75, 3.05) is 36.0 Å². The molecule has 7 heteroatoms. The van der Waals surface area contributed by atoms with Gasteiger partial charge >= 0.3 is 0 Å². The molecule has 0 bridgehead atoms. The Morgan fingerprint density at radius 2 is 1.77 bits per heavy atom. The maximum atomic E-state index is 13.5. The smallest absolute Gasteiger partial charge is 0.141 e. The van der Waals surface area contributed by atoms with E-state index in [0.717, 1.165) is 53.1 Å². The van der Waals surface area contributed by atoms with E-state index < -0.39 is 5.82 Å². The van der Waals surface area contributed by atoms with Gasteiger partial charge in [0.05, 0.1) is 11.1 Å². The molecule has 0 amide bonds. The molecule has 0 atom stereocenters. The number of hydrogen-bond donors (Lipinski definition) is 0. The minimum absolute atomic E-state index is 0.0802. The molecular weight excluding hydrogens is 397 g/mol. The van der Waals surface area contributed by atoms with E-state index in [2.05, 4.69) is 35.7 Å². The van der Waals surface area contributed by atoms with Crippen LogP contribution in [-0.4, -0.2) is 36.1 Å². The van der Waals surface area contributed by atoms with Crippen molar-refractivity contribution in [2.24, 2.45) is 0 Å². The number of nitrogens with zero attached hydrogens (tertiary/aromatic N) is 5. The van der Waals surface area contributed by atoms with Gasteiger partial charge in [0, 0.05) is 41.7 Å². The molecule has 3 aromatic rings. The first-order valence-corrected chi connectivity index (χ1v) is 9.05. The standard InChI is InChI=1S/C19H15BrFN5/c20-14-1-4-18-16(10-14)19(24-12-23-18)26-7-5-25(6-8-26)15-2-3-17(21)13(9-15)11-22/h1-4,9-10,12H,5-8H2. The van der Waals surface area contributed by atoms with Gasteiger partial charge in [-0.3, -0.25) is 0 Å². The van der Waals surface area contributed by atoms with Gasteiger partial charge in [-0.15, -0.1) is 0 Å². The third kappa shape index (κ3) is 3.08. The van der Waals surface area contributed by atoms with Crippen molar-refractivity contribution in [2.45, 2.75) is 0 Å². The van der Waals surface area contributed by atoms with Crippen LogP contribution < -0.4 is 9.80 Å². The van der Waals surface area contributed by atoms with Crippen LogP contribution in [0.15, 0.2) is 47.2 Å². The van der Waals surface area contributed by atoms with Crippen molar-refractivity contribution in [3.63, 3.8) is 0 Å². The van der Waals surface area contributed by atoms with Crippen LogP contribution in [0.2, 0.25) is 0 Å².